The molecule has 0 aliphatic carbocycles. The zero-order chi connectivity index (χ0) is 14.4. The van der Waals surface area contributed by atoms with E-state index in [9.17, 15) is 13.2 Å². The first-order valence-electron chi connectivity index (χ1n) is 6.05. The lowest BCUT2D eigenvalue weighted by Gasteiger charge is -2.28. The number of carbonyl (C=O) groups excluding carboxylic acids is 1. The monoisotopic (exact) mass is 279 g/mol. The van der Waals surface area contributed by atoms with Crippen LogP contribution < -0.4 is 0 Å². The van der Waals surface area contributed by atoms with Crippen LogP contribution in [0.2, 0.25) is 0 Å². The zero-order valence-corrected chi connectivity index (χ0v) is 12.8. The number of sulfone groups is 1. The number of hydrogen-bond donors (Lipinski definition) is 0. The number of carbonyl (C=O) groups is 1. The van der Waals surface area contributed by atoms with Crippen molar-refractivity contribution in [1.29, 1.82) is 0 Å². The van der Waals surface area contributed by atoms with E-state index in [-0.39, 0.29) is 10.9 Å². The molecule has 1 saturated heterocycles. The Bertz CT molecular complexity index is 346. The maximum atomic E-state index is 11.1. The van der Waals surface area contributed by atoms with Crippen LogP contribution in [0.1, 0.15) is 33.6 Å². The van der Waals surface area contributed by atoms with Crippen molar-refractivity contribution in [2.75, 3.05) is 26.4 Å². The van der Waals surface area contributed by atoms with Crippen LogP contribution in [0.4, 0.5) is 0 Å². The summed E-state index contributed by atoms with van der Waals surface area (Å²) in [4.78, 5) is 11.7. The van der Waals surface area contributed by atoms with Crippen molar-refractivity contribution in [1.82, 2.24) is 4.90 Å². The molecular formula is C12H25NO4S. The third kappa shape index (κ3) is 8.47. The molecular weight excluding hydrogens is 254 g/mol. The normalized spacial score (nSPS) is 21.7. The topological polar surface area (TPSA) is 63.7 Å². The number of hydrogen-bond acceptors (Lipinski definition) is 5. The SMILES string of the molecule is CC(C)(C)OC=O.CN1CCC[C@H](S(C)(=O)=O)C1. The maximum Gasteiger partial charge on any atom is 0.293 e. The van der Waals surface area contributed by atoms with E-state index in [4.69, 9.17) is 0 Å². The third-order valence-corrected chi connectivity index (χ3v) is 4.18. The molecule has 1 fully saturated rings. The molecule has 0 aromatic carbocycles. The van der Waals surface area contributed by atoms with E-state index in [2.05, 4.69) is 9.64 Å². The van der Waals surface area contributed by atoms with E-state index in [1.807, 2.05) is 27.8 Å². The Kier molecular flexibility index (Phi) is 6.84. The second kappa shape index (κ2) is 7.09. The lowest BCUT2D eigenvalue weighted by Crippen LogP contribution is -2.39. The minimum absolute atomic E-state index is 0.124. The first-order valence-corrected chi connectivity index (χ1v) is 8.00. The maximum absolute atomic E-state index is 11.1. The fraction of sp³-hybridized carbons (Fsp3) is 0.917. The Morgan fingerprint density at radius 1 is 1.33 bits per heavy atom. The minimum atomic E-state index is -2.80. The minimum Gasteiger partial charge on any atom is -0.462 e. The van der Waals surface area contributed by atoms with Gasteiger partial charge in [-0.15, -0.1) is 0 Å². The summed E-state index contributed by atoms with van der Waals surface area (Å²) in [6, 6.07) is 0. The quantitative estimate of drug-likeness (QED) is 0.708. The Hall–Kier alpha value is -0.620. The van der Waals surface area contributed by atoms with Gasteiger partial charge in [0.2, 0.25) is 0 Å². The van der Waals surface area contributed by atoms with Gasteiger partial charge in [0.1, 0.15) is 5.60 Å². The van der Waals surface area contributed by atoms with Gasteiger partial charge in [-0.2, -0.15) is 0 Å². The van der Waals surface area contributed by atoms with Gasteiger partial charge in [0.25, 0.3) is 6.47 Å². The lowest BCUT2D eigenvalue weighted by molar-refractivity contribution is -0.138. The summed E-state index contributed by atoms with van der Waals surface area (Å²) < 4.78 is 26.8. The molecule has 18 heavy (non-hydrogen) atoms. The highest BCUT2D eigenvalue weighted by Gasteiger charge is 2.25. The van der Waals surface area contributed by atoms with Gasteiger partial charge in [-0.1, -0.05) is 0 Å². The fourth-order valence-electron chi connectivity index (χ4n) is 1.61. The van der Waals surface area contributed by atoms with Gasteiger partial charge < -0.3 is 9.64 Å². The molecule has 1 heterocycles. The van der Waals surface area contributed by atoms with Crippen molar-refractivity contribution in [2.24, 2.45) is 0 Å². The van der Waals surface area contributed by atoms with Crippen LogP contribution in [-0.2, 0) is 19.4 Å². The van der Waals surface area contributed by atoms with E-state index < -0.39 is 9.84 Å². The Morgan fingerprint density at radius 3 is 2.11 bits per heavy atom. The Morgan fingerprint density at radius 2 is 1.89 bits per heavy atom. The van der Waals surface area contributed by atoms with Crippen molar-refractivity contribution >= 4 is 16.3 Å². The molecule has 1 atom stereocenters. The van der Waals surface area contributed by atoms with Crippen LogP contribution >= 0.6 is 0 Å². The summed E-state index contributed by atoms with van der Waals surface area (Å²) in [5.41, 5.74) is -0.318. The van der Waals surface area contributed by atoms with E-state index in [1.165, 1.54) is 6.26 Å². The van der Waals surface area contributed by atoms with Crippen molar-refractivity contribution in [2.45, 2.75) is 44.5 Å². The summed E-state index contributed by atoms with van der Waals surface area (Å²) in [7, 11) is -0.831. The molecule has 5 nitrogen and oxygen atoms in total. The highest BCUT2D eigenvalue weighted by molar-refractivity contribution is 7.91. The van der Waals surface area contributed by atoms with Gasteiger partial charge in [-0.25, -0.2) is 8.42 Å². The van der Waals surface area contributed by atoms with E-state index in [1.54, 1.807) is 0 Å². The summed E-state index contributed by atoms with van der Waals surface area (Å²) >= 11 is 0. The molecule has 0 spiro atoms. The van der Waals surface area contributed by atoms with Crippen molar-refractivity contribution < 1.29 is 17.9 Å². The average Bonchev–Trinajstić information content (AvgIpc) is 2.15. The highest BCUT2D eigenvalue weighted by Crippen LogP contribution is 2.14. The van der Waals surface area contributed by atoms with Crippen molar-refractivity contribution in [3.8, 4) is 0 Å². The fourth-order valence-corrected chi connectivity index (χ4v) is 2.73. The second-order valence-electron chi connectivity index (χ2n) is 5.68. The highest BCUT2D eigenvalue weighted by atomic mass is 32.2. The molecule has 0 N–H and O–H groups in total. The molecule has 0 unspecified atom stereocenters. The predicted octanol–water partition coefficient (Wildman–Crippen LogP) is 1.08. The van der Waals surface area contributed by atoms with Crippen LogP contribution in [0.5, 0.6) is 0 Å². The van der Waals surface area contributed by atoms with Gasteiger partial charge in [0.15, 0.2) is 9.84 Å². The van der Waals surface area contributed by atoms with Crippen LogP contribution in [-0.4, -0.2) is 57.0 Å². The third-order valence-electron chi connectivity index (χ3n) is 2.59. The van der Waals surface area contributed by atoms with E-state index in [0.29, 0.717) is 13.0 Å². The van der Waals surface area contributed by atoms with E-state index >= 15 is 0 Å². The van der Waals surface area contributed by atoms with Crippen LogP contribution in [0.3, 0.4) is 0 Å². The average molecular weight is 279 g/mol. The molecule has 0 aromatic rings. The summed E-state index contributed by atoms with van der Waals surface area (Å²) in [6.07, 6.45) is 3.17. The molecule has 1 aliphatic rings. The Balaban J connectivity index is 0.000000360. The molecule has 1 rings (SSSR count). The summed E-state index contributed by atoms with van der Waals surface area (Å²) in [6.45, 7) is 7.66. The predicted molar refractivity (Wildman–Crippen MR) is 72.3 cm³/mol. The van der Waals surface area contributed by atoms with Gasteiger partial charge in [0.05, 0.1) is 5.25 Å². The van der Waals surface area contributed by atoms with Gasteiger partial charge in [-0.05, 0) is 47.2 Å². The molecule has 108 valence electrons. The number of piperidine rings is 1. The van der Waals surface area contributed by atoms with Gasteiger partial charge in [-0.3, -0.25) is 4.79 Å². The van der Waals surface area contributed by atoms with E-state index in [0.717, 1.165) is 19.4 Å². The molecule has 0 saturated carbocycles. The second-order valence-corrected chi connectivity index (χ2v) is 8.01. The first-order chi connectivity index (χ1) is 8.06. The molecule has 0 radical (unpaired) electrons. The van der Waals surface area contributed by atoms with Crippen LogP contribution in [0, 0.1) is 0 Å². The van der Waals surface area contributed by atoms with Gasteiger partial charge >= 0.3 is 0 Å². The molecule has 1 aliphatic heterocycles. The first kappa shape index (κ1) is 17.4. The molecule has 6 heteroatoms. The Labute approximate surface area is 110 Å². The summed E-state index contributed by atoms with van der Waals surface area (Å²) in [5.74, 6) is 0. The lowest BCUT2D eigenvalue weighted by atomic mass is 10.1. The number of ether oxygens (including phenoxy) is 1. The van der Waals surface area contributed by atoms with Crippen LogP contribution in [0.25, 0.3) is 0 Å². The molecule has 0 bridgehead atoms. The number of likely N-dealkylation sites (tertiary alicyclic amines) is 1. The smallest absolute Gasteiger partial charge is 0.293 e. The number of rotatable bonds is 2. The van der Waals surface area contributed by atoms with Crippen molar-refractivity contribution in [3.63, 3.8) is 0 Å². The zero-order valence-electron chi connectivity index (χ0n) is 12.0. The van der Waals surface area contributed by atoms with Crippen molar-refractivity contribution in [3.05, 3.63) is 0 Å². The standard InChI is InChI=1S/C7H15NO2S.C5H10O2/c1-8-5-3-4-7(6-8)11(2,9)10;1-5(2,3)7-4-6/h7H,3-6H2,1-2H3;4H,1-3H3/t7-;/m0./s1. The number of nitrogens with zero attached hydrogens (tertiary/aromatic N) is 1. The van der Waals surface area contributed by atoms with Gasteiger partial charge in [0, 0.05) is 12.8 Å². The molecule has 0 amide bonds. The van der Waals surface area contributed by atoms with Crippen LogP contribution in [0.15, 0.2) is 0 Å². The summed E-state index contributed by atoms with van der Waals surface area (Å²) in [5, 5.41) is -0.124. The molecule has 0 aromatic heterocycles. The largest absolute Gasteiger partial charge is 0.462 e.